The lowest BCUT2D eigenvalue weighted by molar-refractivity contribution is 0.597. The average Bonchev–Trinajstić information content (AvgIpc) is 1.68. The van der Waals surface area contributed by atoms with E-state index in [2.05, 4.69) is 21.4 Å². The van der Waals surface area contributed by atoms with Gasteiger partial charge in [0.05, 0.1) is 0 Å². The molecule has 0 saturated carbocycles. The fourth-order valence-electron chi connectivity index (χ4n) is 0.624. The Morgan fingerprint density at radius 1 is 1.75 bits per heavy atom. The number of hydrogen-bond donors (Lipinski definition) is 2. The van der Waals surface area contributed by atoms with Gasteiger partial charge < -0.3 is 5.73 Å². The maximum Gasteiger partial charge on any atom is 0.0168 e. The summed E-state index contributed by atoms with van der Waals surface area (Å²) in [6.07, 6.45) is 2.29. The topological polar surface area (TPSA) is 38.0 Å². The maximum atomic E-state index is 5.62. The first-order valence-electron chi connectivity index (χ1n) is 3.00. The Morgan fingerprint density at radius 3 is 2.75 bits per heavy atom. The zero-order chi connectivity index (χ0) is 6.41. The van der Waals surface area contributed by atoms with Crippen LogP contribution in [0.1, 0.15) is 19.8 Å². The van der Waals surface area contributed by atoms with E-state index in [1.165, 1.54) is 6.42 Å². The Kier molecular flexibility index (Phi) is 5.73. The van der Waals surface area contributed by atoms with Crippen LogP contribution in [0.5, 0.6) is 0 Å². The lowest BCUT2D eigenvalue weighted by Gasteiger charge is -2.06. The lowest BCUT2D eigenvalue weighted by atomic mass is 10.2. The molecule has 2 nitrogen and oxygen atoms in total. The van der Waals surface area contributed by atoms with Crippen molar-refractivity contribution >= 4 is 9.39 Å². The number of hydrogen-bond acceptors (Lipinski definition) is 2. The molecule has 3 heteroatoms. The van der Waals surface area contributed by atoms with Crippen molar-refractivity contribution in [1.29, 1.82) is 0 Å². The van der Waals surface area contributed by atoms with E-state index < -0.39 is 0 Å². The maximum absolute atomic E-state index is 5.62. The first kappa shape index (κ1) is 8.35. The third kappa shape index (κ3) is 4.51. The minimum atomic E-state index is 0.331. The van der Waals surface area contributed by atoms with E-state index >= 15 is 0 Å². The summed E-state index contributed by atoms with van der Waals surface area (Å²) < 4.78 is 0. The number of nitrogens with one attached hydrogen (secondary N) is 1. The molecule has 0 heterocycles. The summed E-state index contributed by atoms with van der Waals surface area (Å²) in [5.74, 6) is 0. The van der Waals surface area contributed by atoms with Crippen molar-refractivity contribution in [1.82, 2.24) is 5.09 Å². The van der Waals surface area contributed by atoms with Crippen LogP contribution in [0, 0.1) is 0 Å². The van der Waals surface area contributed by atoms with Crippen LogP contribution in [0.15, 0.2) is 0 Å². The fraction of sp³-hybridized carbons (Fsp3) is 1.00. The molecule has 0 rings (SSSR count). The molecule has 3 N–H and O–H groups in total. The van der Waals surface area contributed by atoms with Crippen LogP contribution < -0.4 is 10.8 Å². The van der Waals surface area contributed by atoms with Gasteiger partial charge in [0.15, 0.2) is 0 Å². The van der Waals surface area contributed by atoms with Gasteiger partial charge in [-0.25, -0.2) is 0 Å². The Balaban J connectivity index is 2.92. The second kappa shape index (κ2) is 5.49. The summed E-state index contributed by atoms with van der Waals surface area (Å²) >= 11 is 0. The quantitative estimate of drug-likeness (QED) is 0.549. The first-order chi connectivity index (χ1) is 3.81. The zero-order valence-electron chi connectivity index (χ0n) is 5.35. The Hall–Kier alpha value is 0.350. The van der Waals surface area contributed by atoms with Gasteiger partial charge in [-0.2, -0.15) is 0 Å². The van der Waals surface area contributed by atoms with E-state index in [1.54, 1.807) is 0 Å². The SMILES string of the molecule is CCCC(N)CNP. The summed E-state index contributed by atoms with van der Waals surface area (Å²) in [4.78, 5) is 0. The minimum Gasteiger partial charge on any atom is -0.327 e. The Bertz CT molecular complexity index is 43.7. The molecule has 0 aliphatic heterocycles. The van der Waals surface area contributed by atoms with Crippen LogP contribution in [0.4, 0.5) is 0 Å². The van der Waals surface area contributed by atoms with Crippen molar-refractivity contribution in [2.24, 2.45) is 5.73 Å². The van der Waals surface area contributed by atoms with E-state index in [0.29, 0.717) is 6.04 Å². The van der Waals surface area contributed by atoms with Crippen molar-refractivity contribution in [3.05, 3.63) is 0 Å². The van der Waals surface area contributed by atoms with Crippen LogP contribution in [0.2, 0.25) is 0 Å². The predicted molar refractivity (Wildman–Crippen MR) is 40.6 cm³/mol. The molecule has 0 spiro atoms. The first-order valence-corrected chi connectivity index (χ1v) is 3.58. The van der Waals surface area contributed by atoms with E-state index in [1.807, 2.05) is 0 Å². The molecule has 0 aliphatic rings. The minimum absolute atomic E-state index is 0.331. The van der Waals surface area contributed by atoms with Gasteiger partial charge in [0, 0.05) is 12.6 Å². The third-order valence-electron chi connectivity index (χ3n) is 1.04. The monoisotopic (exact) mass is 134 g/mol. The summed E-state index contributed by atoms with van der Waals surface area (Å²) in [5, 5.41) is 2.94. The molecule has 2 atom stereocenters. The third-order valence-corrected chi connectivity index (χ3v) is 1.28. The van der Waals surface area contributed by atoms with Crippen molar-refractivity contribution in [2.75, 3.05) is 6.54 Å². The highest BCUT2D eigenvalue weighted by Crippen LogP contribution is 1.90. The molecule has 0 aromatic rings. The molecular weight excluding hydrogens is 119 g/mol. The van der Waals surface area contributed by atoms with Crippen LogP contribution in [0.25, 0.3) is 0 Å². The number of nitrogens with two attached hydrogens (primary N) is 1. The van der Waals surface area contributed by atoms with Crippen molar-refractivity contribution in [3.63, 3.8) is 0 Å². The summed E-state index contributed by atoms with van der Waals surface area (Å²) in [7, 11) is 2.44. The number of rotatable bonds is 4. The van der Waals surface area contributed by atoms with Gasteiger partial charge in [-0.3, -0.25) is 5.09 Å². The molecule has 50 valence electrons. The Morgan fingerprint density at radius 2 is 2.38 bits per heavy atom. The predicted octanol–water partition coefficient (Wildman–Crippen LogP) is 0.494. The molecular formula is C5H15N2P. The highest BCUT2D eigenvalue weighted by Gasteiger charge is 1.95. The largest absolute Gasteiger partial charge is 0.327 e. The molecule has 0 aliphatic carbocycles. The van der Waals surface area contributed by atoms with Crippen molar-refractivity contribution in [2.45, 2.75) is 25.8 Å². The fourth-order valence-corrected chi connectivity index (χ4v) is 0.927. The average molecular weight is 134 g/mol. The highest BCUT2D eigenvalue weighted by atomic mass is 31.0. The zero-order valence-corrected chi connectivity index (χ0v) is 6.51. The summed E-state index contributed by atoms with van der Waals surface area (Å²) in [5.41, 5.74) is 5.62. The molecule has 8 heavy (non-hydrogen) atoms. The highest BCUT2D eigenvalue weighted by molar-refractivity contribution is 7.13. The standard InChI is InChI=1S/C5H15N2P/c1-2-3-5(6)4-7-8/h5,7H,2-4,6,8H2,1H3. The van der Waals surface area contributed by atoms with Crippen molar-refractivity contribution in [3.8, 4) is 0 Å². The van der Waals surface area contributed by atoms with Gasteiger partial charge >= 0.3 is 0 Å². The second-order valence-electron chi connectivity index (χ2n) is 1.96. The van der Waals surface area contributed by atoms with E-state index in [0.717, 1.165) is 13.0 Å². The lowest BCUT2D eigenvalue weighted by Crippen LogP contribution is -2.29. The smallest absolute Gasteiger partial charge is 0.0168 e. The van der Waals surface area contributed by atoms with Gasteiger partial charge in [-0.05, 0) is 6.42 Å². The Labute approximate surface area is 53.5 Å². The van der Waals surface area contributed by atoms with Gasteiger partial charge in [0.25, 0.3) is 0 Å². The van der Waals surface area contributed by atoms with E-state index in [4.69, 9.17) is 5.73 Å². The van der Waals surface area contributed by atoms with Gasteiger partial charge in [-0.15, -0.1) is 0 Å². The van der Waals surface area contributed by atoms with Gasteiger partial charge in [0.2, 0.25) is 0 Å². The molecule has 0 bridgehead atoms. The van der Waals surface area contributed by atoms with Crippen LogP contribution in [-0.4, -0.2) is 12.6 Å². The normalized spacial score (nSPS) is 13.9. The van der Waals surface area contributed by atoms with Crippen molar-refractivity contribution < 1.29 is 0 Å². The van der Waals surface area contributed by atoms with Crippen LogP contribution >= 0.6 is 9.39 Å². The van der Waals surface area contributed by atoms with Crippen LogP contribution in [0.3, 0.4) is 0 Å². The molecule has 0 saturated heterocycles. The molecule has 0 fully saturated rings. The molecule has 0 aromatic carbocycles. The molecule has 0 radical (unpaired) electrons. The van der Waals surface area contributed by atoms with E-state index in [-0.39, 0.29) is 0 Å². The molecule has 0 aromatic heterocycles. The molecule has 0 amide bonds. The summed E-state index contributed by atoms with van der Waals surface area (Å²) in [6, 6.07) is 0.331. The van der Waals surface area contributed by atoms with E-state index in [9.17, 15) is 0 Å². The second-order valence-corrected chi connectivity index (χ2v) is 2.37. The van der Waals surface area contributed by atoms with Gasteiger partial charge in [-0.1, -0.05) is 22.7 Å². The molecule has 2 unspecified atom stereocenters. The summed E-state index contributed by atoms with van der Waals surface area (Å²) in [6.45, 7) is 3.04. The van der Waals surface area contributed by atoms with Gasteiger partial charge in [0.1, 0.15) is 0 Å². The van der Waals surface area contributed by atoms with Crippen LogP contribution in [-0.2, 0) is 0 Å².